The molecule has 0 bridgehead atoms. The molecule has 2 aromatic carbocycles. The fraction of sp³-hybridized carbons (Fsp3) is 0.280. The molecule has 1 aromatic heterocycles. The summed E-state index contributed by atoms with van der Waals surface area (Å²) in [4.78, 5) is 15.5. The van der Waals surface area contributed by atoms with Gasteiger partial charge in [0.25, 0.3) is 0 Å². The molecule has 0 atom stereocenters. The molecule has 162 valence electrons. The van der Waals surface area contributed by atoms with Gasteiger partial charge in [-0.25, -0.2) is 4.39 Å². The lowest BCUT2D eigenvalue weighted by atomic mass is 9.95. The van der Waals surface area contributed by atoms with E-state index in [0.29, 0.717) is 24.3 Å². The topological polar surface area (TPSA) is 68.7 Å². The van der Waals surface area contributed by atoms with Crippen LogP contribution < -0.4 is 4.74 Å². The van der Waals surface area contributed by atoms with Crippen LogP contribution in [-0.2, 0) is 22.4 Å². The third kappa shape index (κ3) is 5.89. The Morgan fingerprint density at radius 2 is 1.74 bits per heavy atom. The van der Waals surface area contributed by atoms with Crippen LogP contribution in [0.2, 0.25) is 0 Å². The molecule has 0 aliphatic heterocycles. The standard InChI is InChI=1S/C25H26FNO4/c1-30-13-3-4-18-14-21(19-8-5-17(6-9-19)7-12-24(28)29)25(27-16-18)20-10-11-23(31-2)22(26)15-20/h5-6,8-11,14-16H,3-4,7,12-13H2,1-2H3,(H,28,29). The van der Waals surface area contributed by atoms with Gasteiger partial charge < -0.3 is 14.6 Å². The monoisotopic (exact) mass is 423 g/mol. The van der Waals surface area contributed by atoms with Gasteiger partial charge in [0.05, 0.1) is 12.8 Å². The van der Waals surface area contributed by atoms with Crippen LogP contribution in [0.5, 0.6) is 5.75 Å². The van der Waals surface area contributed by atoms with E-state index in [2.05, 4.69) is 11.1 Å². The zero-order valence-electron chi connectivity index (χ0n) is 17.7. The molecule has 0 spiro atoms. The Kier molecular flexibility index (Phi) is 7.73. The van der Waals surface area contributed by atoms with Crippen molar-refractivity contribution in [3.05, 3.63) is 71.7 Å². The van der Waals surface area contributed by atoms with Crippen LogP contribution >= 0.6 is 0 Å². The maximum absolute atomic E-state index is 14.3. The third-order valence-electron chi connectivity index (χ3n) is 5.08. The van der Waals surface area contributed by atoms with Gasteiger partial charge in [0.1, 0.15) is 0 Å². The number of nitrogens with zero attached hydrogens (tertiary/aromatic N) is 1. The smallest absolute Gasteiger partial charge is 0.303 e. The van der Waals surface area contributed by atoms with Crippen LogP contribution in [0.1, 0.15) is 24.0 Å². The quantitative estimate of drug-likeness (QED) is 0.456. The number of aliphatic carboxylic acids is 1. The number of aromatic nitrogens is 1. The highest BCUT2D eigenvalue weighted by Gasteiger charge is 2.13. The number of halogens is 1. The molecule has 0 saturated heterocycles. The first kappa shape index (κ1) is 22.4. The molecular formula is C25H26FNO4. The zero-order chi connectivity index (χ0) is 22.2. The first-order valence-electron chi connectivity index (χ1n) is 10.1. The van der Waals surface area contributed by atoms with Gasteiger partial charge in [-0.05, 0) is 60.2 Å². The Hall–Kier alpha value is -3.25. The second-order valence-corrected chi connectivity index (χ2v) is 7.28. The van der Waals surface area contributed by atoms with E-state index in [4.69, 9.17) is 14.6 Å². The molecule has 0 radical (unpaired) electrons. The number of benzene rings is 2. The number of hydrogen-bond acceptors (Lipinski definition) is 4. The highest BCUT2D eigenvalue weighted by molar-refractivity contribution is 5.81. The fourth-order valence-corrected chi connectivity index (χ4v) is 3.43. The largest absolute Gasteiger partial charge is 0.494 e. The number of ether oxygens (including phenoxy) is 2. The number of carbonyl (C=O) groups is 1. The summed E-state index contributed by atoms with van der Waals surface area (Å²) in [5, 5.41) is 8.89. The number of pyridine rings is 1. The highest BCUT2D eigenvalue weighted by atomic mass is 19.1. The summed E-state index contributed by atoms with van der Waals surface area (Å²) in [6, 6.07) is 14.6. The van der Waals surface area contributed by atoms with Crippen molar-refractivity contribution in [2.75, 3.05) is 20.8 Å². The second kappa shape index (κ2) is 10.7. The van der Waals surface area contributed by atoms with Crippen LogP contribution in [0, 0.1) is 5.82 Å². The molecule has 0 aliphatic carbocycles. The molecular weight excluding hydrogens is 397 g/mol. The van der Waals surface area contributed by atoms with Crippen LogP contribution in [-0.4, -0.2) is 36.9 Å². The minimum Gasteiger partial charge on any atom is -0.494 e. The molecule has 3 rings (SSSR count). The first-order valence-corrected chi connectivity index (χ1v) is 10.1. The highest BCUT2D eigenvalue weighted by Crippen LogP contribution is 2.33. The number of methoxy groups -OCH3 is 2. The van der Waals surface area contributed by atoms with E-state index in [-0.39, 0.29) is 12.2 Å². The van der Waals surface area contributed by atoms with E-state index in [1.165, 1.54) is 13.2 Å². The summed E-state index contributed by atoms with van der Waals surface area (Å²) < 4.78 is 24.5. The third-order valence-corrected chi connectivity index (χ3v) is 5.08. The first-order chi connectivity index (χ1) is 15.0. The van der Waals surface area contributed by atoms with Crippen LogP contribution in [0.3, 0.4) is 0 Å². The van der Waals surface area contributed by atoms with Crippen molar-refractivity contribution in [1.82, 2.24) is 4.98 Å². The molecule has 1 N–H and O–H groups in total. The summed E-state index contributed by atoms with van der Waals surface area (Å²) in [5.41, 5.74) is 5.19. The molecule has 3 aromatic rings. The summed E-state index contributed by atoms with van der Waals surface area (Å²) in [6.07, 6.45) is 4.08. The lowest BCUT2D eigenvalue weighted by Gasteiger charge is -2.13. The van der Waals surface area contributed by atoms with E-state index >= 15 is 0 Å². The van der Waals surface area contributed by atoms with Gasteiger partial charge in [-0.1, -0.05) is 24.3 Å². The normalized spacial score (nSPS) is 10.8. The summed E-state index contributed by atoms with van der Waals surface area (Å²) >= 11 is 0. The SMILES string of the molecule is COCCCc1cnc(-c2ccc(OC)c(F)c2)c(-c2ccc(CCC(=O)O)cc2)c1. The molecule has 0 saturated carbocycles. The molecule has 0 fully saturated rings. The Bertz CT molecular complexity index is 1030. The van der Waals surface area contributed by atoms with Gasteiger partial charge in [0.15, 0.2) is 11.6 Å². The minimum absolute atomic E-state index is 0.0895. The fourth-order valence-electron chi connectivity index (χ4n) is 3.43. The Morgan fingerprint density at radius 1 is 1.00 bits per heavy atom. The minimum atomic E-state index is -0.819. The predicted molar refractivity (Wildman–Crippen MR) is 118 cm³/mol. The number of carboxylic acids is 1. The van der Waals surface area contributed by atoms with Crippen molar-refractivity contribution in [1.29, 1.82) is 0 Å². The summed E-state index contributed by atoms with van der Waals surface area (Å²) in [7, 11) is 3.11. The average Bonchev–Trinajstić information content (AvgIpc) is 2.78. The number of hydrogen-bond donors (Lipinski definition) is 1. The van der Waals surface area contributed by atoms with Gasteiger partial charge in [-0.15, -0.1) is 0 Å². The van der Waals surface area contributed by atoms with Crippen molar-refractivity contribution < 1.29 is 23.8 Å². The van der Waals surface area contributed by atoms with Crippen molar-refractivity contribution in [2.24, 2.45) is 0 Å². The summed E-state index contributed by atoms with van der Waals surface area (Å²) in [6.45, 7) is 0.666. The van der Waals surface area contributed by atoms with E-state index in [1.54, 1.807) is 19.2 Å². The van der Waals surface area contributed by atoms with Gasteiger partial charge in [-0.3, -0.25) is 9.78 Å². The molecule has 1 heterocycles. The van der Waals surface area contributed by atoms with Gasteiger partial charge in [-0.2, -0.15) is 0 Å². The van der Waals surface area contributed by atoms with Gasteiger partial charge in [0, 0.05) is 37.5 Å². The Balaban J connectivity index is 1.99. The zero-order valence-corrected chi connectivity index (χ0v) is 17.7. The summed E-state index contributed by atoms with van der Waals surface area (Å²) in [5.74, 6) is -1.08. The molecule has 0 aliphatic rings. The Labute approximate surface area is 181 Å². The van der Waals surface area contributed by atoms with Gasteiger partial charge in [0.2, 0.25) is 0 Å². The molecule has 0 amide bonds. The average molecular weight is 423 g/mol. The maximum Gasteiger partial charge on any atom is 0.303 e. The number of aryl methyl sites for hydroxylation is 2. The van der Waals surface area contributed by atoms with Crippen LogP contribution in [0.4, 0.5) is 4.39 Å². The van der Waals surface area contributed by atoms with Crippen molar-refractivity contribution in [3.8, 4) is 28.1 Å². The van der Waals surface area contributed by atoms with Gasteiger partial charge >= 0.3 is 5.97 Å². The predicted octanol–water partition coefficient (Wildman–Crippen LogP) is 5.16. The van der Waals surface area contributed by atoms with Crippen LogP contribution in [0.15, 0.2) is 54.7 Å². The second-order valence-electron chi connectivity index (χ2n) is 7.28. The van der Waals surface area contributed by atoms with Crippen LogP contribution in [0.25, 0.3) is 22.4 Å². The maximum atomic E-state index is 14.3. The molecule has 5 nitrogen and oxygen atoms in total. The molecule has 6 heteroatoms. The van der Waals surface area contributed by atoms with E-state index in [0.717, 1.165) is 35.1 Å². The number of carboxylic acid groups (broad SMARTS) is 1. The molecule has 31 heavy (non-hydrogen) atoms. The van der Waals surface area contributed by atoms with Crippen molar-refractivity contribution in [3.63, 3.8) is 0 Å². The lowest BCUT2D eigenvalue weighted by molar-refractivity contribution is -0.136. The number of rotatable bonds is 10. The Morgan fingerprint density at radius 3 is 2.39 bits per heavy atom. The van der Waals surface area contributed by atoms with Crippen molar-refractivity contribution in [2.45, 2.75) is 25.7 Å². The van der Waals surface area contributed by atoms with E-state index in [1.807, 2.05) is 30.5 Å². The van der Waals surface area contributed by atoms with Crippen molar-refractivity contribution >= 4 is 5.97 Å². The molecule has 0 unspecified atom stereocenters. The van der Waals surface area contributed by atoms with E-state index in [9.17, 15) is 9.18 Å². The lowest BCUT2D eigenvalue weighted by Crippen LogP contribution is -1.98. The van der Waals surface area contributed by atoms with E-state index < -0.39 is 11.8 Å².